The minimum absolute atomic E-state index is 0.199. The Hall–Kier alpha value is -4.04. The van der Waals surface area contributed by atoms with Crippen molar-refractivity contribution < 1.29 is 4.39 Å². The van der Waals surface area contributed by atoms with Crippen molar-refractivity contribution in [2.75, 3.05) is 0 Å². The zero-order chi connectivity index (χ0) is 23.1. The summed E-state index contributed by atoms with van der Waals surface area (Å²) in [5.74, 6) is -0.199. The van der Waals surface area contributed by atoms with E-state index in [4.69, 9.17) is 4.98 Å². The first-order valence-corrected chi connectivity index (χ1v) is 12.4. The molecule has 0 fully saturated rings. The van der Waals surface area contributed by atoms with Crippen molar-refractivity contribution in [1.82, 2.24) is 4.98 Å². The molecule has 1 heterocycles. The molecule has 0 atom stereocenters. The molecule has 2 heteroatoms. The van der Waals surface area contributed by atoms with Crippen molar-refractivity contribution in [1.29, 1.82) is 0 Å². The molecule has 1 nitrogen and oxygen atoms in total. The molecule has 0 radical (unpaired) electrons. The SMILES string of the molecule is Fc1ccc2c(ccc3c4ccnc(-c5cc6c7c(c5)CCc5cccc(c5-7)CC6)c4ccc23)c1. The Morgan fingerprint density at radius 1 is 0.543 bits per heavy atom. The van der Waals surface area contributed by atoms with Gasteiger partial charge in [0, 0.05) is 17.1 Å². The lowest BCUT2D eigenvalue weighted by molar-refractivity contribution is 0.630. The number of hydrogen-bond donors (Lipinski definition) is 0. The lowest BCUT2D eigenvalue weighted by atomic mass is 9.74. The largest absolute Gasteiger partial charge is 0.256 e. The van der Waals surface area contributed by atoms with Gasteiger partial charge in [0.1, 0.15) is 5.82 Å². The fraction of sp³-hybridized carbons (Fsp3) is 0.121. The first-order chi connectivity index (χ1) is 17.2. The van der Waals surface area contributed by atoms with Gasteiger partial charge in [0.15, 0.2) is 0 Å². The van der Waals surface area contributed by atoms with Crippen LogP contribution in [0.1, 0.15) is 22.3 Å². The normalized spacial score (nSPS) is 14.0. The molecule has 35 heavy (non-hydrogen) atoms. The van der Waals surface area contributed by atoms with Crippen LogP contribution in [0.2, 0.25) is 0 Å². The highest BCUT2D eigenvalue weighted by molar-refractivity contribution is 6.18. The van der Waals surface area contributed by atoms with Crippen LogP contribution in [0.25, 0.3) is 54.7 Å². The van der Waals surface area contributed by atoms with Gasteiger partial charge >= 0.3 is 0 Å². The van der Waals surface area contributed by atoms with Crippen molar-refractivity contribution >= 4 is 32.3 Å². The Labute approximate surface area is 202 Å². The zero-order valence-corrected chi connectivity index (χ0v) is 19.2. The van der Waals surface area contributed by atoms with Crippen LogP contribution in [-0.4, -0.2) is 4.98 Å². The van der Waals surface area contributed by atoms with Crippen molar-refractivity contribution in [3.63, 3.8) is 0 Å². The topological polar surface area (TPSA) is 12.9 Å². The standard InChI is InChI=1S/C33H22FN/c34-25-9-11-26-21(18-25)8-10-28-27(26)12-13-30-29(28)14-15-35-33(30)24-16-22-6-4-19-2-1-3-20-5-7-23(17-24)32(22)31(19)20/h1-3,8-18H,4-7H2. The minimum Gasteiger partial charge on any atom is -0.256 e. The predicted octanol–water partition coefficient (Wildman–Crippen LogP) is 8.21. The van der Waals surface area contributed by atoms with E-state index in [9.17, 15) is 4.39 Å². The molecular weight excluding hydrogens is 429 g/mol. The van der Waals surface area contributed by atoms with Crippen molar-refractivity contribution in [3.8, 4) is 22.4 Å². The second-order valence-electron chi connectivity index (χ2n) is 9.97. The van der Waals surface area contributed by atoms with Gasteiger partial charge in [-0.05, 0) is 116 Å². The Morgan fingerprint density at radius 2 is 1.14 bits per heavy atom. The molecule has 0 saturated carbocycles. The number of pyridine rings is 1. The van der Waals surface area contributed by atoms with Gasteiger partial charge in [-0.2, -0.15) is 0 Å². The van der Waals surface area contributed by atoms with E-state index in [1.54, 1.807) is 12.1 Å². The highest BCUT2D eigenvalue weighted by Crippen LogP contribution is 2.45. The van der Waals surface area contributed by atoms with Crippen LogP contribution in [0.4, 0.5) is 4.39 Å². The van der Waals surface area contributed by atoms with Crippen LogP contribution in [0, 0.1) is 5.82 Å². The molecular formula is C33H22FN. The van der Waals surface area contributed by atoms with Gasteiger partial charge in [-0.3, -0.25) is 4.98 Å². The Bertz CT molecular complexity index is 1820. The molecule has 166 valence electrons. The van der Waals surface area contributed by atoms with E-state index in [0.717, 1.165) is 47.5 Å². The van der Waals surface area contributed by atoms with Gasteiger partial charge in [0.05, 0.1) is 5.69 Å². The summed E-state index contributed by atoms with van der Waals surface area (Å²) in [5.41, 5.74) is 11.2. The van der Waals surface area contributed by atoms with Crippen molar-refractivity contribution in [3.05, 3.63) is 113 Å². The lowest BCUT2D eigenvalue weighted by Gasteiger charge is -2.30. The average Bonchev–Trinajstić information content (AvgIpc) is 2.90. The van der Waals surface area contributed by atoms with Crippen LogP contribution < -0.4 is 0 Å². The molecule has 5 aromatic carbocycles. The molecule has 0 amide bonds. The van der Waals surface area contributed by atoms with Crippen LogP contribution in [0.3, 0.4) is 0 Å². The van der Waals surface area contributed by atoms with E-state index in [0.29, 0.717) is 0 Å². The van der Waals surface area contributed by atoms with E-state index >= 15 is 0 Å². The highest BCUT2D eigenvalue weighted by Gasteiger charge is 2.26. The number of rotatable bonds is 1. The molecule has 0 unspecified atom stereocenters. The van der Waals surface area contributed by atoms with E-state index in [1.165, 1.54) is 55.1 Å². The number of fused-ring (bicyclic) bond motifs is 5. The Morgan fingerprint density at radius 3 is 1.94 bits per heavy atom. The molecule has 0 N–H and O–H groups in total. The summed E-state index contributed by atoms with van der Waals surface area (Å²) >= 11 is 0. The van der Waals surface area contributed by atoms with Gasteiger partial charge in [-0.1, -0.05) is 48.5 Å². The third kappa shape index (κ3) is 2.71. The van der Waals surface area contributed by atoms with Crippen molar-refractivity contribution in [2.24, 2.45) is 0 Å². The number of hydrogen-bond acceptors (Lipinski definition) is 1. The van der Waals surface area contributed by atoms with Crippen molar-refractivity contribution in [2.45, 2.75) is 25.7 Å². The Kier molecular flexibility index (Phi) is 3.85. The van der Waals surface area contributed by atoms with Gasteiger partial charge in [-0.15, -0.1) is 0 Å². The quantitative estimate of drug-likeness (QED) is 0.230. The van der Waals surface area contributed by atoms with Crippen LogP contribution in [0.5, 0.6) is 0 Å². The maximum Gasteiger partial charge on any atom is 0.123 e. The van der Waals surface area contributed by atoms with Gasteiger partial charge in [0.2, 0.25) is 0 Å². The summed E-state index contributed by atoms with van der Waals surface area (Å²) in [7, 11) is 0. The summed E-state index contributed by atoms with van der Waals surface area (Å²) in [5, 5.41) is 6.70. The number of nitrogens with zero attached hydrogens (tertiary/aromatic N) is 1. The second-order valence-corrected chi connectivity index (χ2v) is 9.97. The summed E-state index contributed by atoms with van der Waals surface area (Å²) in [6, 6.07) is 27.3. The molecule has 8 rings (SSSR count). The zero-order valence-electron chi connectivity index (χ0n) is 19.2. The lowest BCUT2D eigenvalue weighted by Crippen LogP contribution is -2.14. The molecule has 2 aliphatic carbocycles. The number of benzene rings is 5. The average molecular weight is 452 g/mol. The number of halogens is 1. The molecule has 1 aromatic heterocycles. The Balaban J connectivity index is 1.37. The van der Waals surface area contributed by atoms with E-state index < -0.39 is 0 Å². The van der Waals surface area contributed by atoms with Crippen LogP contribution in [-0.2, 0) is 25.7 Å². The van der Waals surface area contributed by atoms with Crippen LogP contribution >= 0.6 is 0 Å². The number of aromatic nitrogens is 1. The third-order valence-corrected chi connectivity index (χ3v) is 8.11. The first kappa shape index (κ1) is 19.3. The van der Waals surface area contributed by atoms with Crippen LogP contribution in [0.15, 0.2) is 85.1 Å². The summed E-state index contributed by atoms with van der Waals surface area (Å²) in [6.45, 7) is 0. The fourth-order valence-electron chi connectivity index (χ4n) is 6.56. The van der Waals surface area contributed by atoms with Gasteiger partial charge in [0.25, 0.3) is 0 Å². The third-order valence-electron chi connectivity index (χ3n) is 8.11. The maximum absolute atomic E-state index is 13.8. The molecule has 0 aliphatic heterocycles. The monoisotopic (exact) mass is 451 g/mol. The van der Waals surface area contributed by atoms with Gasteiger partial charge in [-0.25, -0.2) is 4.39 Å². The van der Waals surface area contributed by atoms with Gasteiger partial charge < -0.3 is 0 Å². The highest BCUT2D eigenvalue weighted by atomic mass is 19.1. The molecule has 6 aromatic rings. The van der Waals surface area contributed by atoms with E-state index in [2.05, 4.69) is 54.6 Å². The smallest absolute Gasteiger partial charge is 0.123 e. The molecule has 2 aliphatic rings. The summed E-state index contributed by atoms with van der Waals surface area (Å²) in [6.07, 6.45) is 6.33. The molecule has 0 spiro atoms. The van der Waals surface area contributed by atoms with E-state index in [1.807, 2.05) is 18.3 Å². The second kappa shape index (κ2) is 6.99. The van der Waals surface area contributed by atoms with E-state index in [-0.39, 0.29) is 5.82 Å². The molecule has 0 bridgehead atoms. The maximum atomic E-state index is 13.8. The fourth-order valence-corrected chi connectivity index (χ4v) is 6.56. The first-order valence-electron chi connectivity index (χ1n) is 12.4. The number of aryl methyl sites for hydroxylation is 4. The minimum atomic E-state index is -0.199. The summed E-state index contributed by atoms with van der Waals surface area (Å²) < 4.78 is 13.8. The predicted molar refractivity (Wildman–Crippen MR) is 142 cm³/mol. The summed E-state index contributed by atoms with van der Waals surface area (Å²) in [4.78, 5) is 4.89. The molecule has 0 saturated heterocycles.